The summed E-state index contributed by atoms with van der Waals surface area (Å²) in [7, 11) is 0. The van der Waals surface area contributed by atoms with Crippen molar-refractivity contribution in [2.45, 2.75) is 12.8 Å². The fraction of sp³-hybridized carbons (Fsp3) is 0.320. The van der Waals surface area contributed by atoms with Crippen LogP contribution in [0.4, 0.5) is 5.69 Å². The third-order valence-corrected chi connectivity index (χ3v) is 6.45. The number of hydrogen-bond donors (Lipinski definition) is 0. The van der Waals surface area contributed by atoms with E-state index in [0.29, 0.717) is 48.1 Å². The third kappa shape index (κ3) is 4.35. The van der Waals surface area contributed by atoms with E-state index in [1.54, 1.807) is 17.0 Å². The van der Waals surface area contributed by atoms with Gasteiger partial charge in [-0.25, -0.2) is 5.01 Å². The topological polar surface area (TPSA) is 114 Å². The zero-order valence-electron chi connectivity index (χ0n) is 19.5. The Morgan fingerprint density at radius 3 is 2.58 bits per heavy atom. The van der Waals surface area contributed by atoms with Crippen molar-refractivity contribution in [2.24, 2.45) is 5.10 Å². The second-order valence-corrected chi connectivity index (χ2v) is 8.69. The quantitative estimate of drug-likeness (QED) is 0.537. The number of carbonyl (C=O) groups excluding carboxylic acids is 2. The highest BCUT2D eigenvalue weighted by Gasteiger charge is 2.29. The first kappa shape index (κ1) is 22.1. The molecule has 0 saturated carbocycles. The Balaban J connectivity index is 1.11. The van der Waals surface area contributed by atoms with Crippen LogP contribution in [0.2, 0.25) is 0 Å². The standard InChI is InChI=1S/C25H24N6O5/c32-22-9-7-19(25-26-24(28-36-25)17-6-8-20-21(14-17)35-16-34-20)27-31(22)15-23(33)30-12-10-29(11-13-30)18-4-2-1-3-5-18/h1-6,8,14H,7,9-13,15-16H2. The average Bonchev–Trinajstić information content (AvgIpc) is 3.60. The molecule has 3 aromatic rings. The van der Waals surface area contributed by atoms with E-state index in [4.69, 9.17) is 14.0 Å². The second-order valence-electron chi connectivity index (χ2n) is 8.69. The molecule has 1 saturated heterocycles. The van der Waals surface area contributed by atoms with Crippen LogP contribution in [0.15, 0.2) is 58.2 Å². The van der Waals surface area contributed by atoms with Gasteiger partial charge in [-0.05, 0) is 30.3 Å². The minimum atomic E-state index is -0.203. The van der Waals surface area contributed by atoms with E-state index in [9.17, 15) is 9.59 Å². The highest BCUT2D eigenvalue weighted by Crippen LogP contribution is 2.35. The zero-order valence-corrected chi connectivity index (χ0v) is 19.5. The maximum absolute atomic E-state index is 13.0. The number of para-hydroxylation sites is 1. The second kappa shape index (κ2) is 9.33. The summed E-state index contributed by atoms with van der Waals surface area (Å²) in [5, 5.41) is 9.67. The van der Waals surface area contributed by atoms with Crippen LogP contribution in [0.1, 0.15) is 18.7 Å². The van der Waals surface area contributed by atoms with E-state index >= 15 is 0 Å². The highest BCUT2D eigenvalue weighted by atomic mass is 16.7. The molecule has 2 amide bonds. The molecule has 0 N–H and O–H groups in total. The number of fused-ring (bicyclic) bond motifs is 1. The number of aromatic nitrogens is 2. The number of ether oxygens (including phenoxy) is 2. The lowest BCUT2D eigenvalue weighted by Gasteiger charge is -2.36. The summed E-state index contributed by atoms with van der Waals surface area (Å²) in [4.78, 5) is 33.9. The lowest BCUT2D eigenvalue weighted by Crippen LogP contribution is -2.51. The van der Waals surface area contributed by atoms with Crippen molar-refractivity contribution in [1.82, 2.24) is 20.0 Å². The number of hydrazone groups is 1. The predicted molar refractivity (Wildman–Crippen MR) is 129 cm³/mol. The van der Waals surface area contributed by atoms with E-state index in [0.717, 1.165) is 18.8 Å². The van der Waals surface area contributed by atoms with Gasteiger partial charge >= 0.3 is 0 Å². The fourth-order valence-corrected chi connectivity index (χ4v) is 4.45. The molecule has 11 nitrogen and oxygen atoms in total. The monoisotopic (exact) mass is 488 g/mol. The van der Waals surface area contributed by atoms with E-state index < -0.39 is 0 Å². The molecule has 3 aliphatic rings. The van der Waals surface area contributed by atoms with Crippen molar-refractivity contribution in [3.63, 3.8) is 0 Å². The molecule has 4 heterocycles. The summed E-state index contributed by atoms with van der Waals surface area (Å²) in [5.41, 5.74) is 2.34. The SMILES string of the molecule is O=C(CN1N=C(c2nc(-c3ccc4c(c3)OCO4)no2)CCC1=O)N1CCN(c2ccccc2)CC1. The number of nitrogens with zero attached hydrogens (tertiary/aromatic N) is 6. The van der Waals surface area contributed by atoms with Crippen LogP contribution < -0.4 is 14.4 Å². The van der Waals surface area contributed by atoms with Crippen LogP contribution in [0.25, 0.3) is 11.4 Å². The van der Waals surface area contributed by atoms with Gasteiger partial charge in [-0.2, -0.15) is 10.1 Å². The Hall–Kier alpha value is -4.41. The van der Waals surface area contributed by atoms with Gasteiger partial charge in [-0.15, -0.1) is 0 Å². The molecule has 11 heteroatoms. The summed E-state index contributed by atoms with van der Waals surface area (Å²) in [5.74, 6) is 1.55. The van der Waals surface area contributed by atoms with Crippen LogP contribution in [-0.4, -0.2) is 77.1 Å². The Kier molecular flexibility index (Phi) is 5.72. The average molecular weight is 489 g/mol. The van der Waals surface area contributed by atoms with Gasteiger partial charge in [0.05, 0.1) is 0 Å². The molecule has 0 unspecified atom stereocenters. The number of amides is 2. The zero-order chi connectivity index (χ0) is 24.5. The van der Waals surface area contributed by atoms with E-state index in [1.807, 2.05) is 24.3 Å². The van der Waals surface area contributed by atoms with Gasteiger partial charge in [0.2, 0.25) is 24.4 Å². The summed E-state index contributed by atoms with van der Waals surface area (Å²) < 4.78 is 16.2. The number of rotatable bonds is 5. The van der Waals surface area contributed by atoms with Crippen LogP contribution in [0, 0.1) is 0 Å². The number of piperazine rings is 1. The van der Waals surface area contributed by atoms with E-state index in [1.165, 1.54) is 5.01 Å². The number of anilines is 1. The maximum atomic E-state index is 13.0. The van der Waals surface area contributed by atoms with Crippen LogP contribution in [0.5, 0.6) is 11.5 Å². The maximum Gasteiger partial charge on any atom is 0.274 e. The normalized spacial score (nSPS) is 17.4. The van der Waals surface area contributed by atoms with Gasteiger partial charge in [-0.3, -0.25) is 9.59 Å². The minimum absolute atomic E-state index is 0.114. The Bertz CT molecular complexity index is 1320. The van der Waals surface area contributed by atoms with Crippen molar-refractivity contribution in [3.8, 4) is 22.9 Å². The third-order valence-electron chi connectivity index (χ3n) is 6.45. The molecule has 6 rings (SSSR count). The molecule has 1 fully saturated rings. The predicted octanol–water partition coefficient (Wildman–Crippen LogP) is 2.14. The largest absolute Gasteiger partial charge is 0.454 e. The van der Waals surface area contributed by atoms with Gasteiger partial charge in [0, 0.05) is 50.3 Å². The van der Waals surface area contributed by atoms with Gasteiger partial charge in [0.25, 0.3) is 5.89 Å². The van der Waals surface area contributed by atoms with E-state index in [2.05, 4.69) is 32.3 Å². The number of carbonyl (C=O) groups is 2. The molecule has 0 radical (unpaired) electrons. The highest BCUT2D eigenvalue weighted by molar-refractivity contribution is 6.01. The molecular weight excluding hydrogens is 464 g/mol. The summed E-state index contributed by atoms with van der Waals surface area (Å²) in [6.45, 7) is 2.73. The molecule has 2 aromatic carbocycles. The fourth-order valence-electron chi connectivity index (χ4n) is 4.45. The Morgan fingerprint density at radius 1 is 0.944 bits per heavy atom. The molecule has 1 aromatic heterocycles. The van der Waals surface area contributed by atoms with Gasteiger partial charge in [-0.1, -0.05) is 23.4 Å². The summed E-state index contributed by atoms with van der Waals surface area (Å²) >= 11 is 0. The van der Waals surface area contributed by atoms with Crippen molar-refractivity contribution in [2.75, 3.05) is 44.4 Å². The van der Waals surface area contributed by atoms with Gasteiger partial charge in [0.15, 0.2) is 11.5 Å². The smallest absolute Gasteiger partial charge is 0.274 e. The van der Waals surface area contributed by atoms with Crippen molar-refractivity contribution < 1.29 is 23.6 Å². The first-order valence-electron chi connectivity index (χ1n) is 11.8. The molecule has 0 bridgehead atoms. The Morgan fingerprint density at radius 2 is 1.75 bits per heavy atom. The van der Waals surface area contributed by atoms with Crippen molar-refractivity contribution in [1.29, 1.82) is 0 Å². The van der Waals surface area contributed by atoms with Crippen LogP contribution in [-0.2, 0) is 9.59 Å². The molecule has 3 aliphatic heterocycles. The lowest BCUT2D eigenvalue weighted by atomic mass is 10.1. The lowest BCUT2D eigenvalue weighted by molar-refractivity contribution is -0.141. The van der Waals surface area contributed by atoms with Crippen molar-refractivity contribution >= 4 is 23.2 Å². The van der Waals surface area contributed by atoms with Crippen LogP contribution >= 0.6 is 0 Å². The first-order chi connectivity index (χ1) is 17.6. The van der Waals surface area contributed by atoms with E-state index in [-0.39, 0.29) is 37.5 Å². The number of benzene rings is 2. The molecule has 36 heavy (non-hydrogen) atoms. The Labute approximate surface area is 206 Å². The summed E-state index contributed by atoms with van der Waals surface area (Å²) in [6, 6.07) is 15.5. The molecule has 0 aliphatic carbocycles. The van der Waals surface area contributed by atoms with Crippen molar-refractivity contribution in [3.05, 3.63) is 54.4 Å². The molecule has 0 spiro atoms. The minimum Gasteiger partial charge on any atom is -0.454 e. The first-order valence-corrected chi connectivity index (χ1v) is 11.8. The van der Waals surface area contributed by atoms with Gasteiger partial charge < -0.3 is 23.8 Å². The molecule has 0 atom stereocenters. The van der Waals surface area contributed by atoms with Gasteiger partial charge in [0.1, 0.15) is 12.3 Å². The van der Waals surface area contributed by atoms with Crippen LogP contribution in [0.3, 0.4) is 0 Å². The summed E-state index contributed by atoms with van der Waals surface area (Å²) in [6.07, 6.45) is 0.581. The number of hydrogen-bond acceptors (Lipinski definition) is 9. The molecule has 184 valence electrons. The molecular formula is C25H24N6O5.